The van der Waals surface area contributed by atoms with Crippen LogP contribution < -0.4 is 5.32 Å². The topological polar surface area (TPSA) is 38.3 Å². The second-order valence-electron chi connectivity index (χ2n) is 4.77. The van der Waals surface area contributed by atoms with E-state index in [1.54, 1.807) is 6.07 Å². The van der Waals surface area contributed by atoms with Crippen LogP contribution in [0.4, 0.5) is 0 Å². The van der Waals surface area contributed by atoms with E-state index in [0.717, 1.165) is 34.6 Å². The highest BCUT2D eigenvalue weighted by atomic mass is 35.5. The van der Waals surface area contributed by atoms with E-state index in [9.17, 15) is 0 Å². The summed E-state index contributed by atoms with van der Waals surface area (Å²) in [5, 5.41) is 4.84. The van der Waals surface area contributed by atoms with E-state index < -0.39 is 0 Å². The molecule has 1 atom stereocenters. The highest BCUT2D eigenvalue weighted by Crippen LogP contribution is 2.31. The smallest absolute Gasteiger partial charge is 0.193 e. The first-order valence-electron chi connectivity index (χ1n) is 6.66. The van der Waals surface area contributed by atoms with Gasteiger partial charge in [0.1, 0.15) is 23.1 Å². The SMILES string of the molecule is CCNC(c1ccc(Cl)o1)c1cc2cccc(C)c2o1. The third kappa shape index (κ3) is 2.35. The lowest BCUT2D eigenvalue weighted by Gasteiger charge is -2.12. The van der Waals surface area contributed by atoms with Gasteiger partial charge in [-0.3, -0.25) is 0 Å². The summed E-state index contributed by atoms with van der Waals surface area (Å²) in [5.74, 6) is 1.59. The number of rotatable bonds is 4. The van der Waals surface area contributed by atoms with Gasteiger partial charge in [-0.25, -0.2) is 0 Å². The molecular formula is C16H16ClNO2. The van der Waals surface area contributed by atoms with Crippen LogP contribution in [0.2, 0.25) is 5.22 Å². The predicted molar refractivity (Wildman–Crippen MR) is 80.2 cm³/mol. The van der Waals surface area contributed by atoms with Crippen LogP contribution in [-0.2, 0) is 0 Å². The molecule has 104 valence electrons. The van der Waals surface area contributed by atoms with Gasteiger partial charge in [0, 0.05) is 5.39 Å². The maximum Gasteiger partial charge on any atom is 0.193 e. The summed E-state index contributed by atoms with van der Waals surface area (Å²) in [7, 11) is 0. The molecule has 0 bridgehead atoms. The standard InChI is InChI=1S/C16H16ClNO2/c1-3-18-15(12-7-8-14(17)19-12)13-9-11-6-4-5-10(2)16(11)20-13/h4-9,15,18H,3H2,1-2H3. The van der Waals surface area contributed by atoms with Gasteiger partial charge in [-0.05, 0) is 48.8 Å². The molecule has 0 saturated heterocycles. The van der Waals surface area contributed by atoms with Crippen LogP contribution in [0.5, 0.6) is 0 Å². The summed E-state index contributed by atoms with van der Waals surface area (Å²) in [6, 6.07) is 11.7. The Morgan fingerprint density at radius 3 is 2.65 bits per heavy atom. The second-order valence-corrected chi connectivity index (χ2v) is 5.15. The Labute approximate surface area is 122 Å². The highest BCUT2D eigenvalue weighted by molar-refractivity contribution is 6.28. The fourth-order valence-corrected chi connectivity index (χ4v) is 2.55. The number of benzene rings is 1. The number of hydrogen-bond acceptors (Lipinski definition) is 3. The summed E-state index contributed by atoms with van der Waals surface area (Å²) >= 11 is 5.87. The Morgan fingerprint density at radius 1 is 1.15 bits per heavy atom. The average Bonchev–Trinajstić information content (AvgIpc) is 3.03. The van der Waals surface area contributed by atoms with Gasteiger partial charge >= 0.3 is 0 Å². The van der Waals surface area contributed by atoms with Crippen molar-refractivity contribution < 1.29 is 8.83 Å². The minimum Gasteiger partial charge on any atom is -0.459 e. The quantitative estimate of drug-likeness (QED) is 0.757. The van der Waals surface area contributed by atoms with Crippen molar-refractivity contribution in [3.8, 4) is 0 Å². The fraction of sp³-hybridized carbons (Fsp3) is 0.250. The Bertz CT molecular complexity index is 729. The first-order valence-corrected chi connectivity index (χ1v) is 7.04. The summed E-state index contributed by atoms with van der Waals surface area (Å²) in [6.07, 6.45) is 0. The van der Waals surface area contributed by atoms with Gasteiger partial charge in [0.15, 0.2) is 5.22 Å². The number of fused-ring (bicyclic) bond motifs is 1. The molecular weight excluding hydrogens is 274 g/mol. The van der Waals surface area contributed by atoms with Crippen molar-refractivity contribution >= 4 is 22.6 Å². The molecule has 1 aromatic carbocycles. The molecule has 1 N–H and O–H groups in total. The molecule has 0 radical (unpaired) electrons. The Hall–Kier alpha value is -1.71. The number of hydrogen-bond donors (Lipinski definition) is 1. The normalized spacial score (nSPS) is 12.9. The van der Waals surface area contributed by atoms with E-state index in [1.165, 1.54) is 0 Å². The van der Waals surface area contributed by atoms with Crippen molar-refractivity contribution in [2.45, 2.75) is 19.9 Å². The first kappa shape index (κ1) is 13.3. The molecule has 2 aromatic heterocycles. The number of nitrogens with one attached hydrogen (secondary N) is 1. The summed E-state index contributed by atoms with van der Waals surface area (Å²) < 4.78 is 11.5. The number of para-hydroxylation sites is 1. The number of aryl methyl sites for hydroxylation is 1. The molecule has 3 nitrogen and oxygen atoms in total. The maximum atomic E-state index is 6.01. The molecule has 0 aliphatic heterocycles. The molecule has 0 saturated carbocycles. The van der Waals surface area contributed by atoms with E-state index in [4.69, 9.17) is 20.4 Å². The van der Waals surface area contributed by atoms with Crippen LogP contribution in [0, 0.1) is 6.92 Å². The van der Waals surface area contributed by atoms with Gasteiger partial charge in [0.25, 0.3) is 0 Å². The van der Waals surface area contributed by atoms with Crippen LogP contribution in [-0.4, -0.2) is 6.54 Å². The Kier molecular flexibility index (Phi) is 3.55. The molecule has 2 heterocycles. The third-order valence-corrected chi connectivity index (χ3v) is 3.53. The molecule has 20 heavy (non-hydrogen) atoms. The largest absolute Gasteiger partial charge is 0.459 e. The Morgan fingerprint density at radius 2 is 2.00 bits per heavy atom. The minimum absolute atomic E-state index is 0.126. The van der Waals surface area contributed by atoms with Crippen molar-refractivity contribution in [3.05, 3.63) is 58.7 Å². The van der Waals surface area contributed by atoms with Gasteiger partial charge in [0.05, 0.1) is 0 Å². The van der Waals surface area contributed by atoms with E-state index in [2.05, 4.69) is 5.32 Å². The Balaban J connectivity index is 2.07. The number of halogens is 1. The highest BCUT2D eigenvalue weighted by Gasteiger charge is 2.21. The van der Waals surface area contributed by atoms with Gasteiger partial charge in [-0.15, -0.1) is 0 Å². The van der Waals surface area contributed by atoms with Crippen LogP contribution in [0.25, 0.3) is 11.0 Å². The number of furan rings is 2. The lowest BCUT2D eigenvalue weighted by atomic mass is 10.1. The minimum atomic E-state index is -0.126. The zero-order valence-electron chi connectivity index (χ0n) is 11.4. The monoisotopic (exact) mass is 289 g/mol. The first-order chi connectivity index (χ1) is 9.69. The predicted octanol–water partition coefficient (Wildman–Crippen LogP) is 4.69. The fourth-order valence-electron chi connectivity index (χ4n) is 2.40. The molecule has 0 amide bonds. The van der Waals surface area contributed by atoms with E-state index >= 15 is 0 Å². The summed E-state index contributed by atoms with van der Waals surface area (Å²) in [4.78, 5) is 0. The summed E-state index contributed by atoms with van der Waals surface area (Å²) in [5.41, 5.74) is 2.05. The molecule has 3 rings (SSSR count). The van der Waals surface area contributed by atoms with E-state index in [1.807, 2.05) is 44.2 Å². The third-order valence-electron chi connectivity index (χ3n) is 3.33. The lowest BCUT2D eigenvalue weighted by molar-refractivity contribution is 0.404. The van der Waals surface area contributed by atoms with E-state index in [0.29, 0.717) is 5.22 Å². The maximum absolute atomic E-state index is 6.01. The molecule has 4 heteroatoms. The van der Waals surface area contributed by atoms with Crippen LogP contribution in [0.1, 0.15) is 30.0 Å². The molecule has 1 unspecified atom stereocenters. The van der Waals surface area contributed by atoms with Gasteiger partial charge in [-0.1, -0.05) is 25.1 Å². The summed E-state index contributed by atoms with van der Waals surface area (Å²) in [6.45, 7) is 4.89. The van der Waals surface area contributed by atoms with Gasteiger partial charge in [-0.2, -0.15) is 0 Å². The van der Waals surface area contributed by atoms with Crippen molar-refractivity contribution in [1.29, 1.82) is 0 Å². The average molecular weight is 290 g/mol. The van der Waals surface area contributed by atoms with Gasteiger partial charge in [0.2, 0.25) is 0 Å². The molecule has 0 aliphatic carbocycles. The van der Waals surface area contributed by atoms with Crippen molar-refractivity contribution in [2.24, 2.45) is 0 Å². The molecule has 3 aromatic rings. The molecule has 0 aliphatic rings. The zero-order valence-corrected chi connectivity index (χ0v) is 12.2. The molecule has 0 fully saturated rings. The van der Waals surface area contributed by atoms with Crippen molar-refractivity contribution in [3.63, 3.8) is 0 Å². The van der Waals surface area contributed by atoms with Crippen molar-refractivity contribution in [2.75, 3.05) is 6.54 Å². The van der Waals surface area contributed by atoms with Crippen LogP contribution >= 0.6 is 11.6 Å². The lowest BCUT2D eigenvalue weighted by Crippen LogP contribution is -2.20. The zero-order chi connectivity index (χ0) is 14.1. The van der Waals surface area contributed by atoms with Crippen LogP contribution in [0.3, 0.4) is 0 Å². The van der Waals surface area contributed by atoms with Gasteiger partial charge < -0.3 is 14.2 Å². The molecule has 0 spiro atoms. The second kappa shape index (κ2) is 5.35. The van der Waals surface area contributed by atoms with Crippen molar-refractivity contribution in [1.82, 2.24) is 5.32 Å². The van der Waals surface area contributed by atoms with Crippen LogP contribution in [0.15, 0.2) is 45.2 Å². The van der Waals surface area contributed by atoms with E-state index in [-0.39, 0.29) is 6.04 Å².